The number of carbonyl (C=O) groups is 2. The van der Waals surface area contributed by atoms with Crippen molar-refractivity contribution in [2.24, 2.45) is 0 Å². The molecule has 0 aliphatic carbocycles. The zero-order chi connectivity index (χ0) is 14.7. The molecule has 0 radical (unpaired) electrons. The first-order valence-electron chi connectivity index (χ1n) is 5.92. The molecule has 0 saturated heterocycles. The molecule has 2 aromatic rings. The Kier molecular flexibility index (Phi) is 4.14. The fourth-order valence-corrected chi connectivity index (χ4v) is 2.61. The number of hydrogen-bond acceptors (Lipinski definition) is 5. The molecule has 0 spiro atoms. The fourth-order valence-electron chi connectivity index (χ4n) is 1.78. The number of H-pyrrole nitrogens is 1. The van der Waals surface area contributed by atoms with Gasteiger partial charge in [-0.2, -0.15) is 0 Å². The number of aryl methyl sites for hydroxylation is 2. The van der Waals surface area contributed by atoms with Crippen molar-refractivity contribution < 1.29 is 14.7 Å². The number of aromatic nitrogens is 3. The normalized spacial score (nSPS) is 12.1. The van der Waals surface area contributed by atoms with Crippen molar-refractivity contribution in [1.29, 1.82) is 0 Å². The number of carboxylic acids is 1. The van der Waals surface area contributed by atoms with Crippen LogP contribution >= 0.6 is 11.3 Å². The summed E-state index contributed by atoms with van der Waals surface area (Å²) in [5.74, 6) is -1.51. The van der Waals surface area contributed by atoms with E-state index < -0.39 is 17.9 Å². The predicted molar refractivity (Wildman–Crippen MR) is 72.8 cm³/mol. The average Bonchev–Trinajstić information content (AvgIpc) is 2.97. The van der Waals surface area contributed by atoms with Crippen molar-refractivity contribution in [3.8, 4) is 0 Å². The summed E-state index contributed by atoms with van der Waals surface area (Å²) in [5, 5.41) is 12.5. The second-order valence-electron chi connectivity index (χ2n) is 4.29. The number of aromatic amines is 1. The number of nitrogens with zero attached hydrogens (tertiary/aromatic N) is 2. The number of imidazole rings is 1. The molecule has 0 fully saturated rings. The van der Waals surface area contributed by atoms with Crippen LogP contribution in [0, 0.1) is 13.8 Å². The van der Waals surface area contributed by atoms with Crippen LogP contribution in [0.5, 0.6) is 0 Å². The van der Waals surface area contributed by atoms with E-state index in [9.17, 15) is 14.7 Å². The fraction of sp³-hybridized carbons (Fsp3) is 0.333. The molecule has 106 valence electrons. The Hall–Kier alpha value is -2.22. The van der Waals surface area contributed by atoms with Crippen LogP contribution in [0.4, 0.5) is 0 Å². The first-order valence-corrected chi connectivity index (χ1v) is 6.74. The quantitative estimate of drug-likeness (QED) is 0.759. The van der Waals surface area contributed by atoms with E-state index in [4.69, 9.17) is 0 Å². The number of hydrogen-bond donors (Lipinski definition) is 3. The molecule has 7 nitrogen and oxygen atoms in total. The summed E-state index contributed by atoms with van der Waals surface area (Å²) in [6.45, 7) is 3.52. The summed E-state index contributed by atoms with van der Waals surface area (Å²) in [5.41, 5.74) is 1.26. The highest BCUT2D eigenvalue weighted by Gasteiger charge is 2.23. The lowest BCUT2D eigenvalue weighted by atomic mass is 10.1. The van der Waals surface area contributed by atoms with Crippen molar-refractivity contribution in [3.63, 3.8) is 0 Å². The van der Waals surface area contributed by atoms with E-state index in [0.29, 0.717) is 16.3 Å². The lowest BCUT2D eigenvalue weighted by Crippen LogP contribution is -2.42. The highest BCUT2D eigenvalue weighted by molar-refractivity contribution is 7.13. The minimum Gasteiger partial charge on any atom is -0.480 e. The molecule has 0 bridgehead atoms. The summed E-state index contributed by atoms with van der Waals surface area (Å²) in [4.78, 5) is 34.5. The third-order valence-electron chi connectivity index (χ3n) is 2.69. The van der Waals surface area contributed by atoms with E-state index >= 15 is 0 Å². The first kappa shape index (κ1) is 14.2. The van der Waals surface area contributed by atoms with Crippen molar-refractivity contribution in [2.75, 3.05) is 0 Å². The van der Waals surface area contributed by atoms with Gasteiger partial charge in [-0.05, 0) is 13.8 Å². The molecule has 2 aromatic heterocycles. The van der Waals surface area contributed by atoms with Crippen LogP contribution in [-0.4, -0.2) is 38.0 Å². The summed E-state index contributed by atoms with van der Waals surface area (Å²) in [6, 6.07) is -1.01. The van der Waals surface area contributed by atoms with Gasteiger partial charge in [0, 0.05) is 18.3 Å². The number of carbonyl (C=O) groups excluding carboxylic acids is 1. The van der Waals surface area contributed by atoms with E-state index in [-0.39, 0.29) is 6.42 Å². The summed E-state index contributed by atoms with van der Waals surface area (Å²) >= 11 is 1.25. The Morgan fingerprint density at radius 1 is 1.50 bits per heavy atom. The van der Waals surface area contributed by atoms with E-state index in [1.807, 2.05) is 0 Å². The van der Waals surface area contributed by atoms with Gasteiger partial charge in [0.15, 0.2) is 0 Å². The maximum absolute atomic E-state index is 12.1. The standard InChI is InChI=1S/C12H14N4O3S/c1-6-10(20-7(2)15-6)11(17)16-9(12(18)19)3-8-4-13-5-14-8/h4-5,9H,3H2,1-2H3,(H,13,14)(H,16,17)(H,18,19)/t9-/m0/s1. The molecular formula is C12H14N4O3S. The number of thiazole rings is 1. The number of aliphatic carboxylic acids is 1. The van der Waals surface area contributed by atoms with Gasteiger partial charge in [-0.1, -0.05) is 0 Å². The van der Waals surface area contributed by atoms with E-state index in [0.717, 1.165) is 5.01 Å². The maximum atomic E-state index is 12.1. The lowest BCUT2D eigenvalue weighted by molar-refractivity contribution is -0.139. The Morgan fingerprint density at radius 3 is 2.75 bits per heavy atom. The molecule has 0 aromatic carbocycles. The van der Waals surface area contributed by atoms with Crippen LogP contribution in [-0.2, 0) is 11.2 Å². The van der Waals surface area contributed by atoms with Crippen molar-refractivity contribution in [1.82, 2.24) is 20.3 Å². The van der Waals surface area contributed by atoms with Gasteiger partial charge < -0.3 is 15.4 Å². The van der Waals surface area contributed by atoms with E-state index in [2.05, 4.69) is 20.3 Å². The molecule has 0 saturated carbocycles. The maximum Gasteiger partial charge on any atom is 0.326 e. The first-order chi connectivity index (χ1) is 9.47. The lowest BCUT2D eigenvalue weighted by Gasteiger charge is -2.13. The minimum absolute atomic E-state index is 0.151. The van der Waals surface area contributed by atoms with Gasteiger partial charge in [0.2, 0.25) is 0 Å². The Balaban J connectivity index is 2.10. The van der Waals surface area contributed by atoms with Gasteiger partial charge in [-0.25, -0.2) is 14.8 Å². The third kappa shape index (κ3) is 3.21. The topological polar surface area (TPSA) is 108 Å². The third-order valence-corrected chi connectivity index (χ3v) is 3.76. The van der Waals surface area contributed by atoms with Crippen LogP contribution in [0.15, 0.2) is 12.5 Å². The monoisotopic (exact) mass is 294 g/mol. The molecule has 0 unspecified atom stereocenters. The molecule has 3 N–H and O–H groups in total. The second-order valence-corrected chi connectivity index (χ2v) is 5.50. The van der Waals surface area contributed by atoms with Gasteiger partial charge in [-0.15, -0.1) is 11.3 Å². The Labute approximate surface area is 119 Å². The van der Waals surface area contributed by atoms with E-state index in [1.165, 1.54) is 23.9 Å². The molecule has 20 heavy (non-hydrogen) atoms. The zero-order valence-corrected chi connectivity index (χ0v) is 11.8. The molecule has 2 heterocycles. The van der Waals surface area contributed by atoms with Crippen molar-refractivity contribution >= 4 is 23.2 Å². The van der Waals surface area contributed by atoms with Crippen LogP contribution < -0.4 is 5.32 Å². The van der Waals surface area contributed by atoms with E-state index in [1.54, 1.807) is 13.8 Å². The van der Waals surface area contributed by atoms with Crippen molar-refractivity contribution in [3.05, 3.63) is 33.8 Å². The van der Waals surface area contributed by atoms with Gasteiger partial charge in [0.05, 0.1) is 17.0 Å². The van der Waals surface area contributed by atoms with Crippen LogP contribution in [0.2, 0.25) is 0 Å². The van der Waals surface area contributed by atoms with Gasteiger partial charge in [0.1, 0.15) is 10.9 Å². The smallest absolute Gasteiger partial charge is 0.326 e. The van der Waals surface area contributed by atoms with Crippen LogP contribution in [0.3, 0.4) is 0 Å². The molecule has 8 heteroatoms. The summed E-state index contributed by atoms with van der Waals surface area (Å²) in [6.07, 6.45) is 3.15. The molecule has 1 amide bonds. The molecule has 1 atom stereocenters. The Morgan fingerprint density at radius 2 is 2.25 bits per heavy atom. The zero-order valence-electron chi connectivity index (χ0n) is 11.0. The number of amides is 1. The highest BCUT2D eigenvalue weighted by Crippen LogP contribution is 2.17. The molecule has 0 aliphatic rings. The Bertz CT molecular complexity index is 621. The van der Waals surface area contributed by atoms with Gasteiger partial charge >= 0.3 is 5.97 Å². The molecule has 0 aliphatic heterocycles. The van der Waals surface area contributed by atoms with Crippen molar-refractivity contribution in [2.45, 2.75) is 26.3 Å². The van der Waals surface area contributed by atoms with Gasteiger partial charge in [0.25, 0.3) is 5.91 Å². The highest BCUT2D eigenvalue weighted by atomic mass is 32.1. The second kappa shape index (κ2) is 5.83. The molecular weight excluding hydrogens is 280 g/mol. The van der Waals surface area contributed by atoms with Crippen LogP contribution in [0.1, 0.15) is 26.1 Å². The van der Waals surface area contributed by atoms with Crippen LogP contribution in [0.25, 0.3) is 0 Å². The predicted octanol–water partition coefficient (Wildman–Crippen LogP) is 0.909. The van der Waals surface area contributed by atoms with Gasteiger partial charge in [-0.3, -0.25) is 4.79 Å². The number of nitrogens with one attached hydrogen (secondary N) is 2. The SMILES string of the molecule is Cc1nc(C)c(C(=O)N[C@@H](Cc2cnc[nH]2)C(=O)O)s1. The minimum atomic E-state index is -1.09. The largest absolute Gasteiger partial charge is 0.480 e. The average molecular weight is 294 g/mol. The molecule has 2 rings (SSSR count). The summed E-state index contributed by atoms with van der Waals surface area (Å²) < 4.78 is 0. The number of carboxylic acid groups (broad SMARTS) is 1. The summed E-state index contributed by atoms with van der Waals surface area (Å²) in [7, 11) is 0. The number of rotatable bonds is 5.